The Morgan fingerprint density at radius 1 is 1.14 bits per heavy atom. The van der Waals surface area contributed by atoms with Crippen LogP contribution in [-0.4, -0.2) is 26.6 Å². The lowest BCUT2D eigenvalue weighted by Crippen LogP contribution is -2.26. The summed E-state index contributed by atoms with van der Waals surface area (Å²) in [5, 5.41) is 0. The molecule has 1 fully saturated rings. The van der Waals surface area contributed by atoms with Crippen molar-refractivity contribution in [2.24, 2.45) is 11.1 Å². The van der Waals surface area contributed by atoms with Crippen LogP contribution < -0.4 is 10.5 Å². The van der Waals surface area contributed by atoms with Gasteiger partial charge in [0.05, 0.1) is 13.7 Å². The monoisotopic (exact) mass is 401 g/mol. The molecule has 2 aromatic carbocycles. The first kappa shape index (κ1) is 21.8. The zero-order valence-electron chi connectivity index (χ0n) is 17.7. The maximum Gasteiger partial charge on any atom is 0.158 e. The molecule has 0 amide bonds. The molecule has 0 radical (unpaired) electrons. The van der Waals surface area contributed by atoms with Crippen molar-refractivity contribution in [1.29, 1.82) is 0 Å². The van der Waals surface area contributed by atoms with E-state index in [4.69, 9.17) is 19.9 Å². The summed E-state index contributed by atoms with van der Waals surface area (Å²) in [6.45, 7) is 6.02. The lowest BCUT2D eigenvalue weighted by Gasteiger charge is -2.25. The van der Waals surface area contributed by atoms with Crippen LogP contribution >= 0.6 is 0 Å². The molecule has 4 nitrogen and oxygen atoms in total. The molecule has 5 heteroatoms. The highest BCUT2D eigenvalue weighted by atomic mass is 19.1. The Morgan fingerprint density at radius 2 is 1.97 bits per heavy atom. The highest BCUT2D eigenvalue weighted by Gasteiger charge is 2.21. The summed E-state index contributed by atoms with van der Waals surface area (Å²) in [7, 11) is 1.59. The summed E-state index contributed by atoms with van der Waals surface area (Å²) in [5.74, 6) is 0.365. The van der Waals surface area contributed by atoms with E-state index in [9.17, 15) is 4.39 Å². The normalized spacial score (nSPS) is 17.3. The standard InChI is InChI=1S/C24H32FNO3/c1-24(2,16-26)14-18-12-17(15-29-23-6-4-5-11-28-23)7-9-20(18)21-13-19(27-3)8-10-22(21)25/h7-10,12-13,23H,4-6,11,14-16,26H2,1-3H3. The SMILES string of the molecule is COc1ccc(F)c(-c2ccc(COC3CCCCO3)cc2CC(C)(C)CN)c1. The van der Waals surface area contributed by atoms with Gasteiger partial charge in [0.2, 0.25) is 0 Å². The van der Waals surface area contributed by atoms with E-state index in [0.29, 0.717) is 24.5 Å². The van der Waals surface area contributed by atoms with Crippen molar-refractivity contribution in [3.8, 4) is 16.9 Å². The van der Waals surface area contributed by atoms with Crippen LogP contribution in [0, 0.1) is 11.2 Å². The molecule has 1 atom stereocenters. The molecule has 2 aromatic rings. The van der Waals surface area contributed by atoms with Gasteiger partial charge in [-0.1, -0.05) is 32.0 Å². The van der Waals surface area contributed by atoms with Gasteiger partial charge >= 0.3 is 0 Å². The molecule has 1 saturated heterocycles. The third kappa shape index (κ3) is 5.78. The van der Waals surface area contributed by atoms with E-state index >= 15 is 0 Å². The molecule has 0 bridgehead atoms. The van der Waals surface area contributed by atoms with Crippen LogP contribution in [0.1, 0.15) is 44.2 Å². The van der Waals surface area contributed by atoms with Gasteiger partial charge < -0.3 is 19.9 Å². The summed E-state index contributed by atoms with van der Waals surface area (Å²) < 4.78 is 31.6. The number of nitrogens with two attached hydrogens (primary N) is 1. The molecular formula is C24H32FNO3. The Labute approximate surface area is 173 Å². The molecule has 1 heterocycles. The quantitative estimate of drug-likeness (QED) is 0.671. The molecule has 1 aliphatic rings. The molecule has 3 rings (SSSR count). The van der Waals surface area contributed by atoms with Crippen LogP contribution in [0.4, 0.5) is 4.39 Å². The zero-order valence-corrected chi connectivity index (χ0v) is 17.7. The van der Waals surface area contributed by atoms with Crippen molar-refractivity contribution in [1.82, 2.24) is 0 Å². The lowest BCUT2D eigenvalue weighted by molar-refractivity contribution is -0.168. The summed E-state index contributed by atoms with van der Waals surface area (Å²) in [5.41, 5.74) is 9.38. The molecule has 0 aliphatic carbocycles. The van der Waals surface area contributed by atoms with Gasteiger partial charge in [-0.2, -0.15) is 0 Å². The van der Waals surface area contributed by atoms with Crippen molar-refractivity contribution in [3.05, 3.63) is 53.3 Å². The van der Waals surface area contributed by atoms with E-state index in [2.05, 4.69) is 19.9 Å². The molecule has 1 aliphatic heterocycles. The van der Waals surface area contributed by atoms with Crippen LogP contribution in [0.5, 0.6) is 5.75 Å². The molecule has 2 N–H and O–H groups in total. The fourth-order valence-electron chi connectivity index (χ4n) is 3.60. The number of methoxy groups -OCH3 is 1. The van der Waals surface area contributed by atoms with Crippen molar-refractivity contribution < 1.29 is 18.6 Å². The molecule has 158 valence electrons. The Kier molecular flexibility index (Phi) is 7.28. The topological polar surface area (TPSA) is 53.7 Å². The Hall–Kier alpha value is -1.95. The zero-order chi connectivity index (χ0) is 20.9. The fourth-order valence-corrected chi connectivity index (χ4v) is 3.60. The Morgan fingerprint density at radius 3 is 2.66 bits per heavy atom. The van der Waals surface area contributed by atoms with Crippen molar-refractivity contribution in [3.63, 3.8) is 0 Å². The number of rotatable bonds is 8. The maximum absolute atomic E-state index is 14.7. The van der Waals surface area contributed by atoms with Crippen molar-refractivity contribution in [2.75, 3.05) is 20.3 Å². The number of halogens is 1. The third-order valence-corrected chi connectivity index (χ3v) is 5.43. The largest absolute Gasteiger partial charge is 0.497 e. The minimum absolute atomic E-state index is 0.101. The van der Waals surface area contributed by atoms with Crippen LogP contribution in [-0.2, 0) is 22.5 Å². The summed E-state index contributed by atoms with van der Waals surface area (Å²) in [6, 6.07) is 10.9. The average Bonchev–Trinajstić information content (AvgIpc) is 2.73. The predicted octanol–water partition coefficient (Wildman–Crippen LogP) is 5.07. The van der Waals surface area contributed by atoms with Crippen LogP contribution in [0.25, 0.3) is 11.1 Å². The number of hydrogen-bond donors (Lipinski definition) is 1. The summed E-state index contributed by atoms with van der Waals surface area (Å²) in [4.78, 5) is 0. The first-order chi connectivity index (χ1) is 13.9. The Balaban J connectivity index is 1.90. The summed E-state index contributed by atoms with van der Waals surface area (Å²) >= 11 is 0. The molecule has 0 aromatic heterocycles. The van der Waals surface area contributed by atoms with Crippen molar-refractivity contribution >= 4 is 0 Å². The Bertz CT molecular complexity index is 816. The van der Waals surface area contributed by atoms with E-state index in [1.54, 1.807) is 19.2 Å². The second kappa shape index (κ2) is 9.70. The molecule has 0 saturated carbocycles. The minimum atomic E-state index is -0.266. The van der Waals surface area contributed by atoms with E-state index in [0.717, 1.165) is 49.0 Å². The van der Waals surface area contributed by atoms with Gasteiger partial charge in [0.25, 0.3) is 0 Å². The highest BCUT2D eigenvalue weighted by Crippen LogP contribution is 2.34. The van der Waals surface area contributed by atoms with Gasteiger partial charge in [-0.15, -0.1) is 0 Å². The average molecular weight is 402 g/mol. The lowest BCUT2D eigenvalue weighted by atomic mass is 9.82. The predicted molar refractivity (Wildman–Crippen MR) is 113 cm³/mol. The van der Waals surface area contributed by atoms with E-state index < -0.39 is 0 Å². The van der Waals surface area contributed by atoms with Gasteiger partial charge in [-0.05, 0) is 72.5 Å². The second-order valence-corrected chi connectivity index (χ2v) is 8.49. The molecule has 29 heavy (non-hydrogen) atoms. The number of hydrogen-bond acceptors (Lipinski definition) is 4. The van der Waals surface area contributed by atoms with Gasteiger partial charge in [-0.25, -0.2) is 4.39 Å². The molecule has 0 spiro atoms. The fraction of sp³-hybridized carbons (Fsp3) is 0.500. The van der Waals surface area contributed by atoms with Crippen LogP contribution in [0.2, 0.25) is 0 Å². The summed E-state index contributed by atoms with van der Waals surface area (Å²) in [6.07, 6.45) is 3.76. The van der Waals surface area contributed by atoms with Crippen LogP contribution in [0.3, 0.4) is 0 Å². The molecule has 1 unspecified atom stereocenters. The van der Waals surface area contributed by atoms with E-state index in [1.165, 1.54) is 6.07 Å². The third-order valence-electron chi connectivity index (χ3n) is 5.43. The number of ether oxygens (including phenoxy) is 3. The van der Waals surface area contributed by atoms with Crippen LogP contribution in [0.15, 0.2) is 36.4 Å². The maximum atomic E-state index is 14.7. The van der Waals surface area contributed by atoms with E-state index in [-0.39, 0.29) is 17.5 Å². The first-order valence-corrected chi connectivity index (χ1v) is 10.3. The molecular weight excluding hydrogens is 369 g/mol. The van der Waals surface area contributed by atoms with Gasteiger partial charge in [0, 0.05) is 12.2 Å². The van der Waals surface area contributed by atoms with Gasteiger partial charge in [0.15, 0.2) is 6.29 Å². The van der Waals surface area contributed by atoms with Crippen molar-refractivity contribution in [2.45, 2.75) is 52.4 Å². The van der Waals surface area contributed by atoms with Gasteiger partial charge in [-0.3, -0.25) is 0 Å². The first-order valence-electron chi connectivity index (χ1n) is 10.3. The second-order valence-electron chi connectivity index (χ2n) is 8.49. The van der Waals surface area contributed by atoms with E-state index in [1.807, 2.05) is 12.1 Å². The highest BCUT2D eigenvalue weighted by molar-refractivity contribution is 5.70. The minimum Gasteiger partial charge on any atom is -0.497 e. The smallest absolute Gasteiger partial charge is 0.158 e. The van der Waals surface area contributed by atoms with Gasteiger partial charge in [0.1, 0.15) is 11.6 Å². The number of benzene rings is 2.